The van der Waals surface area contributed by atoms with Gasteiger partial charge in [0.1, 0.15) is 0 Å². The number of ether oxygens (including phenoxy) is 25. The highest BCUT2D eigenvalue weighted by Crippen LogP contribution is 2.34. The molecule has 1 saturated carbocycles. The zero-order valence-electron chi connectivity index (χ0n) is 54.0. The van der Waals surface area contributed by atoms with Crippen molar-refractivity contribution in [1.82, 2.24) is 0 Å². The first-order valence-electron chi connectivity index (χ1n) is 31.5. The van der Waals surface area contributed by atoms with E-state index in [1.54, 1.807) is 14.2 Å². The molecule has 0 aromatic rings. The monoisotopic (exact) mass is 1300 g/mol. The van der Waals surface area contributed by atoms with Gasteiger partial charge in [-0.2, -0.15) is 0 Å². The second-order valence-electron chi connectivity index (χ2n) is 19.5. The molecule has 30 nitrogen and oxygen atoms in total. The maximum absolute atomic E-state index is 13.8. The first-order chi connectivity index (χ1) is 43.8. The number of nitrogens with two attached hydrogens (primary N) is 2. The van der Waals surface area contributed by atoms with Gasteiger partial charge in [0.05, 0.1) is 297 Å². The van der Waals surface area contributed by atoms with Gasteiger partial charge < -0.3 is 129 Å². The highest BCUT2D eigenvalue weighted by atomic mass is 16.6. The van der Waals surface area contributed by atoms with Crippen LogP contribution in [-0.4, -0.2) is 347 Å². The molecule has 0 aromatic heterocycles. The van der Waals surface area contributed by atoms with Crippen molar-refractivity contribution in [3.63, 3.8) is 0 Å². The lowest BCUT2D eigenvalue weighted by Gasteiger charge is -2.40. The minimum Gasteiger partial charge on any atom is -0.480 e. The number of methoxy groups -OCH3 is 2. The van der Waals surface area contributed by atoms with Gasteiger partial charge in [-0.05, 0) is 25.7 Å². The molecule has 0 unspecified atom stereocenters. The molecule has 0 aliphatic heterocycles. The standard InChI is InChI=1S/C59H116N2O28/c1-65-11-13-69-19-21-73-27-29-77-35-37-81-43-45-85-51-53-87-49-47-83-41-39-79-33-31-75-25-23-71-17-15-67-9-7-58(56(62)63,57(64)89-59(61)6-4-3-5-55(59)60)8-10-68-16-18-72-24-26-76-32-34-80-40-42-84-48-50-88-54-52-86-46-44-82-38-36-78-30-28-74-22-20-70-14-12-66-2/h55H,3-54,60-61H2,1-2H3,(H,62,63)/t55-,59+/m1/s1. The van der Waals surface area contributed by atoms with Gasteiger partial charge in [-0.25, -0.2) is 0 Å². The Morgan fingerprint density at radius 2 is 0.506 bits per heavy atom. The topological polar surface area (TPSA) is 337 Å². The summed E-state index contributed by atoms with van der Waals surface area (Å²) in [4.78, 5) is 26.6. The molecule has 530 valence electrons. The van der Waals surface area contributed by atoms with Crippen molar-refractivity contribution in [2.45, 2.75) is 50.3 Å². The maximum Gasteiger partial charge on any atom is 0.325 e. The third kappa shape index (κ3) is 54.9. The first kappa shape index (κ1) is 84.9. The number of aliphatic carboxylic acids is 1. The van der Waals surface area contributed by atoms with E-state index in [4.69, 9.17) is 130 Å². The van der Waals surface area contributed by atoms with Crippen molar-refractivity contribution in [3.8, 4) is 0 Å². The molecule has 0 spiro atoms. The van der Waals surface area contributed by atoms with Crippen LogP contribution >= 0.6 is 0 Å². The predicted octanol–water partition coefficient (Wildman–Crippen LogP) is 0.595. The van der Waals surface area contributed by atoms with Crippen molar-refractivity contribution in [1.29, 1.82) is 0 Å². The van der Waals surface area contributed by atoms with E-state index in [9.17, 15) is 14.7 Å². The van der Waals surface area contributed by atoms with Gasteiger partial charge in [-0.3, -0.25) is 15.3 Å². The van der Waals surface area contributed by atoms with E-state index in [0.29, 0.717) is 284 Å². The van der Waals surface area contributed by atoms with Crippen molar-refractivity contribution >= 4 is 11.9 Å². The Morgan fingerprint density at radius 3 is 0.674 bits per heavy atom. The van der Waals surface area contributed by atoms with E-state index < -0.39 is 29.1 Å². The Morgan fingerprint density at radius 1 is 0.326 bits per heavy atom. The lowest BCUT2D eigenvalue weighted by molar-refractivity contribution is -0.187. The Balaban J connectivity index is 2.02. The molecule has 0 saturated heterocycles. The van der Waals surface area contributed by atoms with E-state index in [-0.39, 0.29) is 52.5 Å². The first-order valence-corrected chi connectivity index (χ1v) is 31.5. The highest BCUT2D eigenvalue weighted by Gasteiger charge is 2.51. The Labute approximate surface area is 529 Å². The van der Waals surface area contributed by atoms with E-state index in [0.717, 1.165) is 6.42 Å². The van der Waals surface area contributed by atoms with Crippen molar-refractivity contribution < 1.29 is 133 Å². The Hall–Kier alpha value is -2.10. The number of carboxylic acid groups (broad SMARTS) is 1. The fraction of sp³-hybridized carbons (Fsp3) is 0.966. The summed E-state index contributed by atoms with van der Waals surface area (Å²) in [5, 5.41) is 10.5. The fourth-order valence-electron chi connectivity index (χ4n) is 7.60. The molecule has 0 heterocycles. The smallest absolute Gasteiger partial charge is 0.325 e. The van der Waals surface area contributed by atoms with Crippen LogP contribution in [0.25, 0.3) is 0 Å². The van der Waals surface area contributed by atoms with E-state index >= 15 is 0 Å². The fourth-order valence-corrected chi connectivity index (χ4v) is 7.60. The number of esters is 1. The van der Waals surface area contributed by atoms with Crippen LogP contribution in [0.3, 0.4) is 0 Å². The van der Waals surface area contributed by atoms with E-state index in [1.807, 2.05) is 0 Å². The van der Waals surface area contributed by atoms with Crippen LogP contribution in [0.15, 0.2) is 0 Å². The van der Waals surface area contributed by atoms with Crippen LogP contribution < -0.4 is 11.5 Å². The van der Waals surface area contributed by atoms with Gasteiger partial charge in [-0.1, -0.05) is 6.42 Å². The molecule has 30 heteroatoms. The molecule has 1 rings (SSSR count). The molecule has 1 fully saturated rings. The maximum atomic E-state index is 13.8. The third-order valence-corrected chi connectivity index (χ3v) is 12.7. The van der Waals surface area contributed by atoms with Crippen molar-refractivity contribution in [3.05, 3.63) is 0 Å². The molecule has 89 heavy (non-hydrogen) atoms. The average molecular weight is 1300 g/mol. The molecule has 0 amide bonds. The normalized spacial score (nSPS) is 15.4. The minimum atomic E-state index is -2.00. The molecule has 0 bridgehead atoms. The largest absolute Gasteiger partial charge is 0.480 e. The zero-order valence-corrected chi connectivity index (χ0v) is 54.0. The molecular formula is C59H116N2O28. The third-order valence-electron chi connectivity index (χ3n) is 12.7. The Bertz CT molecular complexity index is 1400. The number of hydrogen-bond acceptors (Lipinski definition) is 29. The van der Waals surface area contributed by atoms with Crippen LogP contribution in [0.5, 0.6) is 0 Å². The summed E-state index contributed by atoms with van der Waals surface area (Å²) in [5.41, 5.74) is 9.23. The number of carboxylic acids is 1. The van der Waals surface area contributed by atoms with Gasteiger partial charge in [0.25, 0.3) is 0 Å². The van der Waals surface area contributed by atoms with Crippen LogP contribution in [0.1, 0.15) is 38.5 Å². The van der Waals surface area contributed by atoms with Gasteiger partial charge in [-0.15, -0.1) is 0 Å². The number of hydrogen-bond donors (Lipinski definition) is 3. The summed E-state index contributed by atoms with van der Waals surface area (Å²) in [6, 6.07) is -0.626. The summed E-state index contributed by atoms with van der Waals surface area (Å²) in [6.45, 7) is 19.1. The second-order valence-corrected chi connectivity index (χ2v) is 19.5. The molecule has 0 radical (unpaired) electrons. The van der Waals surface area contributed by atoms with Crippen LogP contribution in [-0.2, 0) is 128 Å². The second kappa shape index (κ2) is 67.3. The van der Waals surface area contributed by atoms with Crippen LogP contribution in [0.2, 0.25) is 0 Å². The molecule has 2 atom stereocenters. The summed E-state index contributed by atoms with van der Waals surface area (Å²) in [6.07, 6.45) is 2.04. The summed E-state index contributed by atoms with van der Waals surface area (Å²) < 4.78 is 137. The number of carbonyl (C=O) groups is 2. The highest BCUT2D eigenvalue weighted by molar-refractivity contribution is 5.99. The average Bonchev–Trinajstić information content (AvgIpc) is 1.35. The molecule has 5 N–H and O–H groups in total. The lowest BCUT2D eigenvalue weighted by atomic mass is 9.80. The SMILES string of the molecule is COCCOCCOCCOCCOCCOCCOCCOCCOCCOCCOCCOCCC(CCOCCOCCOCCOCCOCCOCCOCCOCCOCCOCCOCCOC)(C(=O)O)C(=O)O[C@@]1(N)CCCC[C@H]1N. The van der Waals surface area contributed by atoms with Gasteiger partial charge in [0.2, 0.25) is 0 Å². The Kier molecular flexibility index (Phi) is 64.2. The summed E-state index contributed by atoms with van der Waals surface area (Å²) >= 11 is 0. The minimum absolute atomic E-state index is 0.0630. The lowest BCUT2D eigenvalue weighted by Crippen LogP contribution is -2.61. The molecule has 1 aliphatic rings. The number of rotatable bonds is 75. The molecule has 0 aromatic carbocycles. The van der Waals surface area contributed by atoms with E-state index in [1.165, 1.54) is 0 Å². The van der Waals surface area contributed by atoms with E-state index in [2.05, 4.69) is 0 Å². The summed E-state index contributed by atoms with van der Waals surface area (Å²) in [5.74, 6) is -2.35. The zero-order chi connectivity index (χ0) is 64.2. The van der Waals surface area contributed by atoms with Crippen molar-refractivity contribution in [2.24, 2.45) is 16.9 Å². The van der Waals surface area contributed by atoms with Gasteiger partial charge >= 0.3 is 11.9 Å². The molecular weight excluding hydrogens is 1180 g/mol. The predicted molar refractivity (Wildman–Crippen MR) is 321 cm³/mol. The summed E-state index contributed by atoms with van der Waals surface area (Å²) in [7, 11) is 3.27. The van der Waals surface area contributed by atoms with Crippen LogP contribution in [0, 0.1) is 5.41 Å². The number of carbonyl (C=O) groups excluding carboxylic acids is 1. The quantitative estimate of drug-likeness (QED) is 0.0325. The van der Waals surface area contributed by atoms with Gasteiger partial charge in [0.15, 0.2) is 11.1 Å². The van der Waals surface area contributed by atoms with Gasteiger partial charge in [0, 0.05) is 33.9 Å². The van der Waals surface area contributed by atoms with Crippen LogP contribution in [0.4, 0.5) is 0 Å². The van der Waals surface area contributed by atoms with Crippen molar-refractivity contribution in [2.75, 3.05) is 318 Å². The molecule has 1 aliphatic carbocycles.